The SMILES string of the molecule is Cc1cccc(S(=O)(=O)N2CCCC(CNC(=O)N[C]3CCCCCCC3)C2)c1.[CH2].[CH2]. The highest BCUT2D eigenvalue weighted by Crippen LogP contribution is 2.24. The molecule has 1 aromatic carbocycles. The maximum absolute atomic E-state index is 13.0. The van der Waals surface area contributed by atoms with Gasteiger partial charge in [0.15, 0.2) is 0 Å². The molecule has 2 N–H and O–H groups in total. The van der Waals surface area contributed by atoms with Crippen molar-refractivity contribution >= 4 is 16.1 Å². The minimum atomic E-state index is -3.49. The van der Waals surface area contributed by atoms with Crippen molar-refractivity contribution in [3.63, 3.8) is 0 Å². The number of nitrogens with one attached hydrogen (secondary N) is 2. The monoisotopic (exact) mass is 448 g/mol. The molecule has 1 unspecified atom stereocenters. The Morgan fingerprint density at radius 3 is 2.42 bits per heavy atom. The summed E-state index contributed by atoms with van der Waals surface area (Å²) in [5.41, 5.74) is 0.935. The van der Waals surface area contributed by atoms with Gasteiger partial charge in [-0.05, 0) is 56.2 Å². The summed E-state index contributed by atoms with van der Waals surface area (Å²) in [5.74, 6) is 0.136. The second-order valence-corrected chi connectivity index (χ2v) is 10.3. The zero-order valence-corrected chi connectivity index (χ0v) is 19.7. The van der Waals surface area contributed by atoms with Gasteiger partial charge in [-0.2, -0.15) is 4.31 Å². The summed E-state index contributed by atoms with van der Waals surface area (Å²) in [5, 5.41) is 6.00. The molecule has 2 aliphatic rings. The summed E-state index contributed by atoms with van der Waals surface area (Å²) in [4.78, 5) is 12.7. The van der Waals surface area contributed by atoms with E-state index >= 15 is 0 Å². The van der Waals surface area contributed by atoms with Crippen molar-refractivity contribution in [1.29, 1.82) is 0 Å². The standard InChI is InChI=1S/C22H34N3O3S.2CH2/c1-18-9-7-13-21(15-18)29(27,28)25-14-8-10-19(17-25)16-23-22(26)24-20-11-5-3-2-4-6-12-20;;/h7,9,13,15,19H,2-6,8,10-12,14,16-17H2,1H3,(H2,23,24,26);2*1H2. The van der Waals surface area contributed by atoms with Crippen molar-refractivity contribution < 1.29 is 13.2 Å². The molecule has 2 amide bonds. The highest BCUT2D eigenvalue weighted by Gasteiger charge is 2.30. The van der Waals surface area contributed by atoms with Gasteiger partial charge in [0, 0.05) is 19.6 Å². The van der Waals surface area contributed by atoms with E-state index in [2.05, 4.69) is 10.6 Å². The van der Waals surface area contributed by atoms with E-state index < -0.39 is 10.0 Å². The number of sulfonamides is 1. The van der Waals surface area contributed by atoms with Crippen molar-refractivity contribution in [2.75, 3.05) is 19.6 Å². The second kappa shape index (κ2) is 13.1. The highest BCUT2D eigenvalue weighted by atomic mass is 32.2. The van der Waals surface area contributed by atoms with E-state index in [4.69, 9.17) is 0 Å². The van der Waals surface area contributed by atoms with Crippen LogP contribution < -0.4 is 10.6 Å². The molecule has 2 fully saturated rings. The van der Waals surface area contributed by atoms with Crippen LogP contribution in [0.15, 0.2) is 29.2 Å². The van der Waals surface area contributed by atoms with E-state index in [1.807, 2.05) is 13.0 Å². The Morgan fingerprint density at radius 2 is 1.74 bits per heavy atom. The molecule has 0 bridgehead atoms. The molecule has 6 nitrogen and oxygen atoms in total. The molecule has 1 aliphatic heterocycles. The average Bonchev–Trinajstić information content (AvgIpc) is 2.68. The fourth-order valence-corrected chi connectivity index (χ4v) is 5.90. The Bertz CT molecular complexity index is 774. The largest absolute Gasteiger partial charge is 0.338 e. The Balaban J connectivity index is 0.00000240. The Morgan fingerprint density at radius 1 is 1.06 bits per heavy atom. The minimum absolute atomic E-state index is 0. The third kappa shape index (κ3) is 8.11. The van der Waals surface area contributed by atoms with Gasteiger partial charge in [-0.3, -0.25) is 0 Å². The van der Waals surface area contributed by atoms with E-state index in [1.165, 1.54) is 19.3 Å². The van der Waals surface area contributed by atoms with Crippen molar-refractivity contribution in [3.05, 3.63) is 50.7 Å². The van der Waals surface area contributed by atoms with Crippen LogP contribution in [-0.2, 0) is 10.0 Å². The number of urea groups is 1. The van der Waals surface area contributed by atoms with Gasteiger partial charge in [-0.1, -0.05) is 59.1 Å². The van der Waals surface area contributed by atoms with Gasteiger partial charge in [-0.15, -0.1) is 0 Å². The highest BCUT2D eigenvalue weighted by molar-refractivity contribution is 7.89. The first kappa shape index (κ1) is 27.4. The molecular formula is C24H38N3O3S. The Kier molecular flexibility index (Phi) is 11.6. The molecule has 1 aliphatic carbocycles. The maximum Gasteiger partial charge on any atom is 0.315 e. The van der Waals surface area contributed by atoms with Gasteiger partial charge in [0.25, 0.3) is 0 Å². The molecule has 31 heavy (non-hydrogen) atoms. The lowest BCUT2D eigenvalue weighted by Gasteiger charge is -2.32. The molecule has 0 spiro atoms. The number of nitrogens with zero attached hydrogens (tertiary/aromatic N) is 1. The quantitative estimate of drug-likeness (QED) is 0.689. The van der Waals surface area contributed by atoms with Crippen LogP contribution in [0.3, 0.4) is 0 Å². The van der Waals surface area contributed by atoms with E-state index in [0.29, 0.717) is 24.5 Å². The van der Waals surface area contributed by atoms with Crippen molar-refractivity contribution in [2.45, 2.75) is 69.6 Å². The third-order valence-electron chi connectivity index (χ3n) is 5.91. The lowest BCUT2D eigenvalue weighted by molar-refractivity contribution is 0.229. The van der Waals surface area contributed by atoms with Crippen LogP contribution in [0.2, 0.25) is 0 Å². The third-order valence-corrected chi connectivity index (χ3v) is 7.77. The fourth-order valence-electron chi connectivity index (χ4n) is 4.24. The van der Waals surface area contributed by atoms with Crippen molar-refractivity contribution in [1.82, 2.24) is 14.9 Å². The molecule has 1 saturated heterocycles. The lowest BCUT2D eigenvalue weighted by atomic mass is 9.97. The topological polar surface area (TPSA) is 78.5 Å². The maximum atomic E-state index is 13.0. The first-order valence-electron chi connectivity index (χ1n) is 10.9. The van der Waals surface area contributed by atoms with E-state index in [0.717, 1.165) is 50.1 Å². The molecular weight excluding hydrogens is 410 g/mol. The van der Waals surface area contributed by atoms with Gasteiger partial charge in [0.2, 0.25) is 10.0 Å². The zero-order valence-electron chi connectivity index (χ0n) is 18.9. The van der Waals surface area contributed by atoms with Gasteiger partial charge in [-0.25, -0.2) is 13.2 Å². The fraction of sp³-hybridized carbons (Fsp3) is 0.583. The van der Waals surface area contributed by atoms with Crippen LogP contribution in [0, 0.1) is 33.7 Å². The van der Waals surface area contributed by atoms with Crippen LogP contribution in [0.5, 0.6) is 0 Å². The predicted octanol–water partition coefficient (Wildman–Crippen LogP) is 4.63. The Hall–Kier alpha value is -1.60. The molecule has 5 radical (unpaired) electrons. The first-order valence-corrected chi connectivity index (χ1v) is 12.4. The molecule has 3 rings (SSSR count). The number of hydrogen-bond donors (Lipinski definition) is 2. The predicted molar refractivity (Wildman–Crippen MR) is 125 cm³/mol. The average molecular weight is 449 g/mol. The number of hydrogen-bond acceptors (Lipinski definition) is 3. The van der Waals surface area contributed by atoms with Crippen molar-refractivity contribution in [2.24, 2.45) is 5.92 Å². The van der Waals surface area contributed by atoms with E-state index in [-0.39, 0.29) is 26.8 Å². The first-order chi connectivity index (χ1) is 13.9. The molecule has 1 aromatic rings. The molecule has 1 heterocycles. The zero-order chi connectivity index (χ0) is 20.7. The number of carbonyl (C=O) groups excluding carboxylic acids is 1. The summed E-state index contributed by atoms with van der Waals surface area (Å²) < 4.78 is 27.5. The van der Waals surface area contributed by atoms with Crippen LogP contribution in [0.1, 0.15) is 63.4 Å². The summed E-state index contributed by atoms with van der Waals surface area (Å²) in [6.45, 7) is 3.39. The minimum Gasteiger partial charge on any atom is -0.338 e. The summed E-state index contributed by atoms with van der Waals surface area (Å²) >= 11 is 0. The molecule has 7 heteroatoms. The van der Waals surface area contributed by atoms with E-state index in [9.17, 15) is 13.2 Å². The number of amides is 2. The number of rotatable bonds is 5. The molecule has 1 saturated carbocycles. The molecule has 0 aromatic heterocycles. The summed E-state index contributed by atoms with van der Waals surface area (Å²) in [6.07, 6.45) is 9.74. The van der Waals surface area contributed by atoms with Crippen LogP contribution >= 0.6 is 0 Å². The van der Waals surface area contributed by atoms with Crippen LogP contribution in [0.4, 0.5) is 4.79 Å². The van der Waals surface area contributed by atoms with Crippen molar-refractivity contribution in [3.8, 4) is 0 Å². The molecule has 173 valence electrons. The van der Waals surface area contributed by atoms with Crippen LogP contribution in [0.25, 0.3) is 0 Å². The van der Waals surface area contributed by atoms with Gasteiger partial charge >= 0.3 is 6.03 Å². The summed E-state index contributed by atoms with van der Waals surface area (Å²) in [6, 6.07) is 8.03. The Labute approximate surface area is 190 Å². The second-order valence-electron chi connectivity index (χ2n) is 8.39. The van der Waals surface area contributed by atoms with Gasteiger partial charge < -0.3 is 10.6 Å². The number of carbonyl (C=O) groups is 1. The normalized spacial score (nSPS) is 21.0. The van der Waals surface area contributed by atoms with Crippen LogP contribution in [-0.4, -0.2) is 38.4 Å². The number of aryl methyl sites for hydroxylation is 1. The smallest absolute Gasteiger partial charge is 0.315 e. The lowest BCUT2D eigenvalue weighted by Crippen LogP contribution is -2.46. The van der Waals surface area contributed by atoms with E-state index in [1.54, 1.807) is 22.5 Å². The molecule has 1 atom stereocenters. The number of benzene rings is 1. The summed E-state index contributed by atoms with van der Waals surface area (Å²) in [7, 11) is -3.49. The van der Waals surface area contributed by atoms with Gasteiger partial charge in [0.05, 0.1) is 10.9 Å². The number of piperidine rings is 1. The van der Waals surface area contributed by atoms with Gasteiger partial charge in [0.1, 0.15) is 0 Å².